The first-order valence-electron chi connectivity index (χ1n) is 9.89. The number of nitrogens with one attached hydrogen (secondary N) is 1. The average Bonchev–Trinajstić information content (AvgIpc) is 3.07. The van der Waals surface area contributed by atoms with Gasteiger partial charge >= 0.3 is 6.09 Å². The number of halogens is 1. The lowest BCUT2D eigenvalue weighted by atomic mass is 10.0. The van der Waals surface area contributed by atoms with Crippen molar-refractivity contribution in [3.8, 4) is 0 Å². The summed E-state index contributed by atoms with van der Waals surface area (Å²) in [5.74, 6) is 0.924. The van der Waals surface area contributed by atoms with Gasteiger partial charge in [-0.15, -0.1) is 24.0 Å². The Balaban J connectivity index is 0.00000300. The second-order valence-electron chi connectivity index (χ2n) is 8.39. The topological polar surface area (TPSA) is 90.3 Å². The van der Waals surface area contributed by atoms with Crippen molar-refractivity contribution >= 4 is 36.0 Å². The number of carbonyl (C=O) groups is 1. The molecule has 2 aliphatic heterocycles. The Kier molecular flexibility index (Phi) is 8.50. The van der Waals surface area contributed by atoms with Crippen LogP contribution in [0.5, 0.6) is 0 Å². The van der Waals surface area contributed by atoms with Gasteiger partial charge in [0, 0.05) is 50.6 Å². The number of guanidine groups is 1. The first-order valence-corrected chi connectivity index (χ1v) is 9.89. The van der Waals surface area contributed by atoms with E-state index in [1.807, 2.05) is 39.0 Å². The van der Waals surface area contributed by atoms with Crippen LogP contribution >= 0.6 is 24.0 Å². The molecule has 1 amide bonds. The number of nitrogens with zero attached hydrogens (tertiary/aromatic N) is 4. The summed E-state index contributed by atoms with van der Waals surface area (Å²) in [5, 5.41) is 13.1. The number of aliphatic imine (C=N–C) groups is 1. The van der Waals surface area contributed by atoms with E-state index in [4.69, 9.17) is 4.74 Å². The van der Waals surface area contributed by atoms with E-state index >= 15 is 0 Å². The highest BCUT2D eigenvalue weighted by Gasteiger charge is 2.36. The van der Waals surface area contributed by atoms with Crippen molar-refractivity contribution in [3.05, 3.63) is 30.1 Å². The van der Waals surface area contributed by atoms with Gasteiger partial charge in [0.25, 0.3) is 0 Å². The van der Waals surface area contributed by atoms with E-state index in [0.29, 0.717) is 32.6 Å². The molecule has 1 aromatic heterocycles. The molecule has 0 radical (unpaired) electrons. The van der Waals surface area contributed by atoms with Crippen LogP contribution in [0, 0.1) is 5.92 Å². The maximum atomic E-state index is 12.3. The van der Waals surface area contributed by atoms with Gasteiger partial charge in [-0.1, -0.05) is 6.07 Å². The van der Waals surface area contributed by atoms with Gasteiger partial charge in [0.05, 0.1) is 12.6 Å². The molecule has 8 nitrogen and oxygen atoms in total. The SMILES string of the molecule is CC(C)(C)OC(=O)N1CCN2C(NCC(CO)Cc3ccccn3)=NCC2C1.I. The Bertz CT molecular complexity index is 695. The van der Waals surface area contributed by atoms with Gasteiger partial charge in [-0.2, -0.15) is 0 Å². The van der Waals surface area contributed by atoms with Crippen molar-refractivity contribution in [3.63, 3.8) is 0 Å². The molecule has 2 aliphatic rings. The Morgan fingerprint density at radius 2 is 2.17 bits per heavy atom. The van der Waals surface area contributed by atoms with Crippen molar-refractivity contribution in [2.45, 2.75) is 38.8 Å². The number of piperazine rings is 1. The smallest absolute Gasteiger partial charge is 0.410 e. The van der Waals surface area contributed by atoms with Gasteiger partial charge in [-0.05, 0) is 39.3 Å². The van der Waals surface area contributed by atoms with Crippen LogP contribution in [0.2, 0.25) is 0 Å². The lowest BCUT2D eigenvalue weighted by molar-refractivity contribution is 0.0137. The Labute approximate surface area is 189 Å². The van der Waals surface area contributed by atoms with Gasteiger partial charge in [-0.3, -0.25) is 9.98 Å². The molecule has 3 heterocycles. The Morgan fingerprint density at radius 1 is 1.38 bits per heavy atom. The van der Waals surface area contributed by atoms with Crippen molar-refractivity contribution in [1.29, 1.82) is 0 Å². The molecule has 29 heavy (non-hydrogen) atoms. The molecule has 2 N–H and O–H groups in total. The molecule has 0 bridgehead atoms. The number of aliphatic hydroxyl groups is 1. The van der Waals surface area contributed by atoms with Crippen LogP contribution < -0.4 is 5.32 Å². The van der Waals surface area contributed by atoms with Crippen molar-refractivity contribution in [2.24, 2.45) is 10.9 Å². The number of hydrogen-bond donors (Lipinski definition) is 2. The van der Waals surface area contributed by atoms with Crippen LogP contribution in [0.15, 0.2) is 29.4 Å². The zero-order chi connectivity index (χ0) is 20.1. The van der Waals surface area contributed by atoms with Gasteiger partial charge in [-0.25, -0.2) is 4.79 Å². The van der Waals surface area contributed by atoms with E-state index in [1.165, 1.54) is 0 Å². The van der Waals surface area contributed by atoms with Crippen LogP contribution in [0.3, 0.4) is 0 Å². The first kappa shape index (κ1) is 23.7. The van der Waals surface area contributed by atoms with E-state index < -0.39 is 5.60 Å². The summed E-state index contributed by atoms with van der Waals surface area (Å²) >= 11 is 0. The van der Waals surface area contributed by atoms with Crippen LogP contribution in [0.4, 0.5) is 4.79 Å². The van der Waals surface area contributed by atoms with E-state index in [9.17, 15) is 9.90 Å². The van der Waals surface area contributed by atoms with E-state index in [1.54, 1.807) is 11.1 Å². The Hall–Kier alpha value is -1.62. The van der Waals surface area contributed by atoms with E-state index in [-0.39, 0.29) is 48.6 Å². The molecule has 1 aromatic rings. The molecular weight excluding hydrogens is 485 g/mol. The molecular formula is C20H32IN5O3. The van der Waals surface area contributed by atoms with Crippen LogP contribution in [0.1, 0.15) is 26.5 Å². The normalized spacial score (nSPS) is 19.7. The highest BCUT2D eigenvalue weighted by molar-refractivity contribution is 14.0. The molecule has 1 fully saturated rings. The fourth-order valence-corrected chi connectivity index (χ4v) is 3.47. The number of pyridine rings is 1. The van der Waals surface area contributed by atoms with E-state index in [2.05, 4.69) is 20.2 Å². The number of fused-ring (bicyclic) bond motifs is 1. The molecule has 0 aliphatic carbocycles. The second kappa shape index (κ2) is 10.4. The lowest BCUT2D eigenvalue weighted by Gasteiger charge is -2.39. The van der Waals surface area contributed by atoms with E-state index in [0.717, 1.165) is 18.2 Å². The van der Waals surface area contributed by atoms with Crippen LogP contribution in [0.25, 0.3) is 0 Å². The fraction of sp³-hybridized carbons (Fsp3) is 0.650. The summed E-state index contributed by atoms with van der Waals surface area (Å²) in [6.07, 6.45) is 2.23. The summed E-state index contributed by atoms with van der Waals surface area (Å²) in [6.45, 7) is 8.96. The molecule has 2 unspecified atom stereocenters. The van der Waals surface area contributed by atoms with Gasteiger partial charge in [0.2, 0.25) is 0 Å². The number of aromatic nitrogens is 1. The predicted octanol–water partition coefficient (Wildman–Crippen LogP) is 1.73. The average molecular weight is 517 g/mol. The summed E-state index contributed by atoms with van der Waals surface area (Å²) in [4.78, 5) is 25.2. The minimum atomic E-state index is -0.486. The molecule has 0 aromatic carbocycles. The largest absolute Gasteiger partial charge is 0.444 e. The summed E-state index contributed by atoms with van der Waals surface area (Å²) in [5.41, 5.74) is 0.487. The molecule has 1 saturated heterocycles. The molecule has 0 saturated carbocycles. The third-order valence-corrected chi connectivity index (χ3v) is 4.89. The molecule has 9 heteroatoms. The van der Waals surface area contributed by atoms with Crippen molar-refractivity contribution < 1.29 is 14.6 Å². The highest BCUT2D eigenvalue weighted by atomic mass is 127. The van der Waals surface area contributed by atoms with Crippen molar-refractivity contribution in [2.75, 3.05) is 39.3 Å². The molecule has 0 spiro atoms. The third-order valence-electron chi connectivity index (χ3n) is 4.89. The minimum Gasteiger partial charge on any atom is -0.444 e. The van der Waals surface area contributed by atoms with Gasteiger partial charge in [0.1, 0.15) is 5.60 Å². The number of amides is 1. The molecule has 2 atom stereocenters. The summed E-state index contributed by atoms with van der Waals surface area (Å²) < 4.78 is 5.48. The van der Waals surface area contributed by atoms with Crippen LogP contribution in [-0.4, -0.2) is 82.9 Å². The van der Waals surface area contributed by atoms with Crippen LogP contribution in [-0.2, 0) is 11.2 Å². The number of rotatable bonds is 5. The summed E-state index contributed by atoms with van der Waals surface area (Å²) in [7, 11) is 0. The van der Waals surface area contributed by atoms with Crippen molar-refractivity contribution in [1.82, 2.24) is 20.1 Å². The maximum absolute atomic E-state index is 12.3. The lowest BCUT2D eigenvalue weighted by Crippen LogP contribution is -2.57. The highest BCUT2D eigenvalue weighted by Crippen LogP contribution is 2.19. The van der Waals surface area contributed by atoms with Gasteiger partial charge in [0.15, 0.2) is 5.96 Å². The van der Waals surface area contributed by atoms with Gasteiger partial charge < -0.3 is 25.0 Å². The third kappa shape index (κ3) is 6.70. The number of hydrogen-bond acceptors (Lipinski definition) is 7. The predicted molar refractivity (Wildman–Crippen MR) is 123 cm³/mol. The maximum Gasteiger partial charge on any atom is 0.410 e. The monoisotopic (exact) mass is 517 g/mol. The second-order valence-corrected chi connectivity index (χ2v) is 8.39. The quantitative estimate of drug-likeness (QED) is 0.579. The Morgan fingerprint density at radius 3 is 2.83 bits per heavy atom. The number of aliphatic hydroxyl groups excluding tert-OH is 1. The molecule has 162 valence electrons. The summed E-state index contributed by atoms with van der Waals surface area (Å²) in [6, 6.07) is 5.99. The zero-order valence-corrected chi connectivity index (χ0v) is 19.7. The minimum absolute atomic E-state index is 0. The number of carbonyl (C=O) groups excluding carboxylic acids is 1. The number of ether oxygens (including phenoxy) is 1. The first-order chi connectivity index (χ1) is 13.4. The standard InChI is InChI=1S/C20H31N5O3.HI/c1-20(2,3)28-19(27)24-8-9-25-17(13-24)12-23-18(25)22-11-15(14-26)10-16-6-4-5-7-21-16;/h4-7,15,17,26H,8-14H2,1-3H3,(H,22,23);1H. The molecule has 3 rings (SSSR count). The zero-order valence-electron chi connectivity index (χ0n) is 17.4. The fourth-order valence-electron chi connectivity index (χ4n) is 3.47.